The predicted molar refractivity (Wildman–Crippen MR) is 126 cm³/mol. The maximum atomic E-state index is 12.4. The maximum Gasteiger partial charge on any atom is 0.410 e. The second-order valence-electron chi connectivity index (χ2n) is 10.2. The van der Waals surface area contributed by atoms with E-state index in [0.29, 0.717) is 12.1 Å². The third-order valence-electron chi connectivity index (χ3n) is 6.78. The monoisotopic (exact) mass is 479 g/mol. The summed E-state index contributed by atoms with van der Waals surface area (Å²) in [6.07, 6.45) is 1.83. The van der Waals surface area contributed by atoms with Gasteiger partial charge in [-0.1, -0.05) is 28.1 Å². The quantitative estimate of drug-likeness (QED) is 0.588. The summed E-state index contributed by atoms with van der Waals surface area (Å²) in [4.78, 5) is 19.6. The van der Waals surface area contributed by atoms with Gasteiger partial charge in [0.25, 0.3) is 0 Å². The number of amides is 1. The average Bonchev–Trinajstić information content (AvgIpc) is 2.67. The van der Waals surface area contributed by atoms with Gasteiger partial charge in [0.15, 0.2) is 0 Å². The SMILES string of the molecule is CC1CN(C2(C)CCN(C(=O)OC(C)(C)C)CC2)CCN1C(C)c1ccc(Br)cc1. The van der Waals surface area contributed by atoms with Crippen molar-refractivity contribution >= 4 is 22.0 Å². The fourth-order valence-electron chi connectivity index (χ4n) is 4.78. The molecule has 0 saturated carbocycles. The van der Waals surface area contributed by atoms with Gasteiger partial charge in [0, 0.05) is 54.8 Å². The van der Waals surface area contributed by atoms with Crippen LogP contribution >= 0.6 is 15.9 Å². The van der Waals surface area contributed by atoms with E-state index in [4.69, 9.17) is 4.74 Å². The lowest BCUT2D eigenvalue weighted by molar-refractivity contribution is -0.0358. The van der Waals surface area contributed by atoms with E-state index in [2.05, 4.69) is 70.8 Å². The van der Waals surface area contributed by atoms with Gasteiger partial charge >= 0.3 is 6.09 Å². The molecule has 1 aromatic rings. The van der Waals surface area contributed by atoms with E-state index in [1.54, 1.807) is 0 Å². The summed E-state index contributed by atoms with van der Waals surface area (Å²) < 4.78 is 6.69. The molecule has 0 spiro atoms. The second kappa shape index (κ2) is 9.17. The highest BCUT2D eigenvalue weighted by atomic mass is 79.9. The molecule has 0 radical (unpaired) electrons. The maximum absolute atomic E-state index is 12.4. The van der Waals surface area contributed by atoms with Gasteiger partial charge in [-0.3, -0.25) is 9.80 Å². The minimum absolute atomic E-state index is 0.152. The Morgan fingerprint density at radius 2 is 1.73 bits per heavy atom. The fourth-order valence-corrected chi connectivity index (χ4v) is 5.05. The first-order chi connectivity index (χ1) is 14.0. The van der Waals surface area contributed by atoms with Crippen LogP contribution in [0.25, 0.3) is 0 Å². The van der Waals surface area contributed by atoms with Crippen molar-refractivity contribution < 1.29 is 9.53 Å². The van der Waals surface area contributed by atoms with Gasteiger partial charge in [-0.25, -0.2) is 4.79 Å². The molecule has 1 aromatic carbocycles. The molecule has 3 rings (SSSR count). The van der Waals surface area contributed by atoms with E-state index >= 15 is 0 Å². The number of halogens is 1. The molecule has 168 valence electrons. The summed E-state index contributed by atoms with van der Waals surface area (Å²) in [5.74, 6) is 0. The van der Waals surface area contributed by atoms with Crippen LogP contribution in [0.3, 0.4) is 0 Å². The molecule has 2 saturated heterocycles. The highest BCUT2D eigenvalue weighted by Crippen LogP contribution is 2.33. The van der Waals surface area contributed by atoms with Gasteiger partial charge in [0.05, 0.1) is 0 Å². The van der Waals surface area contributed by atoms with Gasteiger partial charge in [-0.2, -0.15) is 0 Å². The lowest BCUT2D eigenvalue weighted by Crippen LogP contribution is -2.62. The zero-order chi connectivity index (χ0) is 22.1. The molecular weight excluding hydrogens is 442 g/mol. The molecule has 0 aromatic heterocycles. The van der Waals surface area contributed by atoms with Crippen molar-refractivity contribution in [1.82, 2.24) is 14.7 Å². The number of hydrogen-bond donors (Lipinski definition) is 0. The zero-order valence-electron chi connectivity index (χ0n) is 19.4. The summed E-state index contributed by atoms with van der Waals surface area (Å²) in [6.45, 7) is 17.6. The van der Waals surface area contributed by atoms with E-state index in [1.807, 2.05) is 25.7 Å². The topological polar surface area (TPSA) is 36.0 Å². The number of benzene rings is 1. The van der Waals surface area contributed by atoms with Crippen molar-refractivity contribution in [1.29, 1.82) is 0 Å². The molecule has 1 amide bonds. The minimum atomic E-state index is -0.435. The Hall–Kier alpha value is -1.11. The van der Waals surface area contributed by atoms with Crippen molar-refractivity contribution in [2.45, 2.75) is 77.6 Å². The first-order valence-corrected chi connectivity index (χ1v) is 12.0. The Morgan fingerprint density at radius 1 is 1.13 bits per heavy atom. The van der Waals surface area contributed by atoms with Crippen LogP contribution in [-0.4, -0.2) is 70.7 Å². The van der Waals surface area contributed by atoms with E-state index in [0.717, 1.165) is 50.0 Å². The van der Waals surface area contributed by atoms with Crippen LogP contribution in [0, 0.1) is 0 Å². The molecule has 30 heavy (non-hydrogen) atoms. The molecule has 5 nitrogen and oxygen atoms in total. The van der Waals surface area contributed by atoms with Crippen LogP contribution in [0.5, 0.6) is 0 Å². The van der Waals surface area contributed by atoms with E-state index < -0.39 is 5.60 Å². The number of ether oxygens (including phenoxy) is 1. The minimum Gasteiger partial charge on any atom is -0.444 e. The van der Waals surface area contributed by atoms with Crippen LogP contribution in [0.2, 0.25) is 0 Å². The van der Waals surface area contributed by atoms with Crippen molar-refractivity contribution in [3.63, 3.8) is 0 Å². The molecular formula is C24H38BrN3O2. The number of likely N-dealkylation sites (tertiary alicyclic amines) is 1. The summed E-state index contributed by atoms with van der Waals surface area (Å²) in [5.41, 5.74) is 1.09. The Labute approximate surface area is 190 Å². The fraction of sp³-hybridized carbons (Fsp3) is 0.708. The molecule has 2 fully saturated rings. The third-order valence-corrected chi connectivity index (χ3v) is 7.31. The number of carbonyl (C=O) groups is 1. The molecule has 2 heterocycles. The van der Waals surface area contributed by atoms with Crippen LogP contribution in [0.4, 0.5) is 4.79 Å². The second-order valence-corrected chi connectivity index (χ2v) is 11.1. The van der Waals surface area contributed by atoms with Gasteiger partial charge in [0.2, 0.25) is 0 Å². The Morgan fingerprint density at radius 3 is 2.27 bits per heavy atom. The van der Waals surface area contributed by atoms with Gasteiger partial charge < -0.3 is 9.64 Å². The highest BCUT2D eigenvalue weighted by Gasteiger charge is 2.41. The summed E-state index contributed by atoms with van der Waals surface area (Å²) in [5, 5.41) is 0. The highest BCUT2D eigenvalue weighted by molar-refractivity contribution is 9.10. The Kier molecular flexibility index (Phi) is 7.20. The van der Waals surface area contributed by atoms with Gasteiger partial charge in [-0.05, 0) is 72.1 Å². The first kappa shape index (κ1) is 23.6. The van der Waals surface area contributed by atoms with Crippen LogP contribution in [0.15, 0.2) is 28.7 Å². The largest absolute Gasteiger partial charge is 0.444 e. The Bertz CT molecular complexity index is 723. The molecule has 0 N–H and O–H groups in total. The van der Waals surface area contributed by atoms with Crippen LogP contribution in [0.1, 0.15) is 66.0 Å². The lowest BCUT2D eigenvalue weighted by Gasteiger charge is -2.52. The van der Waals surface area contributed by atoms with E-state index in [9.17, 15) is 4.79 Å². The third kappa shape index (κ3) is 5.57. The number of carbonyl (C=O) groups excluding carboxylic acids is 1. The molecule has 2 aliphatic heterocycles. The molecule has 2 aliphatic rings. The van der Waals surface area contributed by atoms with Crippen molar-refractivity contribution in [2.75, 3.05) is 32.7 Å². The molecule has 0 aliphatic carbocycles. The van der Waals surface area contributed by atoms with Gasteiger partial charge in [-0.15, -0.1) is 0 Å². The zero-order valence-corrected chi connectivity index (χ0v) is 21.0. The molecule has 6 heteroatoms. The number of piperidine rings is 1. The predicted octanol–water partition coefficient (Wildman–Crippen LogP) is 5.31. The summed E-state index contributed by atoms with van der Waals surface area (Å²) in [6, 6.07) is 9.62. The number of hydrogen-bond acceptors (Lipinski definition) is 4. The number of piperazine rings is 1. The number of nitrogens with zero attached hydrogens (tertiary/aromatic N) is 3. The molecule has 0 bridgehead atoms. The molecule has 2 unspecified atom stereocenters. The van der Waals surface area contributed by atoms with Crippen molar-refractivity contribution in [3.8, 4) is 0 Å². The lowest BCUT2D eigenvalue weighted by atomic mass is 9.86. The van der Waals surface area contributed by atoms with E-state index in [1.165, 1.54) is 5.56 Å². The normalized spacial score (nSPS) is 24.5. The van der Waals surface area contributed by atoms with E-state index in [-0.39, 0.29) is 11.6 Å². The standard InChI is InChI=1S/C24H38BrN3O2/c1-18-17-27(15-16-28(18)19(2)20-7-9-21(25)10-8-20)24(6)11-13-26(14-12-24)22(29)30-23(3,4)5/h7-10,18-19H,11-17H2,1-6H3. The first-order valence-electron chi connectivity index (χ1n) is 11.2. The molecule has 2 atom stereocenters. The average molecular weight is 480 g/mol. The van der Waals surface area contributed by atoms with Gasteiger partial charge in [0.1, 0.15) is 5.60 Å². The summed E-state index contributed by atoms with van der Waals surface area (Å²) >= 11 is 3.53. The van der Waals surface area contributed by atoms with Crippen LogP contribution < -0.4 is 0 Å². The smallest absolute Gasteiger partial charge is 0.410 e. The Balaban J connectivity index is 1.56. The number of rotatable bonds is 3. The van der Waals surface area contributed by atoms with Crippen molar-refractivity contribution in [3.05, 3.63) is 34.3 Å². The van der Waals surface area contributed by atoms with Crippen molar-refractivity contribution in [2.24, 2.45) is 0 Å². The summed E-state index contributed by atoms with van der Waals surface area (Å²) in [7, 11) is 0. The van der Waals surface area contributed by atoms with Crippen LogP contribution in [-0.2, 0) is 4.74 Å².